The molecule has 0 saturated heterocycles. The Balaban J connectivity index is 1.48. The van der Waals surface area contributed by atoms with Gasteiger partial charge in [-0.2, -0.15) is 0 Å². The third-order valence-corrected chi connectivity index (χ3v) is 5.71. The normalized spacial score (nSPS) is 15.2. The van der Waals surface area contributed by atoms with E-state index in [1.807, 2.05) is 19.1 Å². The van der Waals surface area contributed by atoms with E-state index in [1.54, 1.807) is 11.8 Å². The molecule has 150 valence electrons. The van der Waals surface area contributed by atoms with E-state index in [2.05, 4.69) is 52.9 Å². The molecule has 1 heterocycles. The molecule has 0 spiro atoms. The fraction of sp³-hybridized carbons (Fsp3) is 0.348. The summed E-state index contributed by atoms with van der Waals surface area (Å²) in [6.45, 7) is 4.63. The zero-order chi connectivity index (χ0) is 20.4. The highest BCUT2D eigenvalue weighted by atomic mass is 16.5. The van der Waals surface area contributed by atoms with Crippen molar-refractivity contribution >= 4 is 5.91 Å². The maximum Gasteiger partial charge on any atom is 0.274 e. The Morgan fingerprint density at radius 3 is 2.69 bits per heavy atom. The number of benzene rings is 2. The van der Waals surface area contributed by atoms with Crippen LogP contribution in [0.1, 0.15) is 57.8 Å². The number of ether oxygens (including phenoxy) is 1. The van der Waals surface area contributed by atoms with Gasteiger partial charge in [0.1, 0.15) is 5.75 Å². The van der Waals surface area contributed by atoms with Crippen molar-refractivity contribution in [2.45, 2.75) is 45.7 Å². The summed E-state index contributed by atoms with van der Waals surface area (Å²) in [4.78, 5) is 12.9. The Bertz CT molecular complexity index is 1020. The first-order valence-corrected chi connectivity index (χ1v) is 10.0. The van der Waals surface area contributed by atoms with Crippen LogP contribution in [-0.2, 0) is 19.4 Å². The van der Waals surface area contributed by atoms with Crippen LogP contribution >= 0.6 is 0 Å². The fourth-order valence-corrected chi connectivity index (χ4v) is 3.96. The first-order valence-electron chi connectivity index (χ1n) is 10.0. The number of aryl methyl sites for hydroxylation is 1. The second kappa shape index (κ2) is 8.07. The molecule has 0 saturated carbocycles. The molecule has 2 aromatic carbocycles. The van der Waals surface area contributed by atoms with Crippen molar-refractivity contribution in [3.63, 3.8) is 0 Å². The van der Waals surface area contributed by atoms with Gasteiger partial charge < -0.3 is 10.1 Å². The number of methoxy groups -OCH3 is 1. The van der Waals surface area contributed by atoms with E-state index < -0.39 is 0 Å². The molecule has 0 bridgehead atoms. The summed E-state index contributed by atoms with van der Waals surface area (Å²) in [5.74, 6) is 0.700. The minimum absolute atomic E-state index is 0.0289. The third kappa shape index (κ3) is 3.75. The lowest BCUT2D eigenvalue weighted by Crippen LogP contribution is -2.28. The molecule has 1 aliphatic rings. The van der Waals surface area contributed by atoms with Crippen LogP contribution in [0, 0.1) is 6.92 Å². The predicted octanol–water partition coefficient (Wildman–Crippen LogP) is 3.62. The zero-order valence-electron chi connectivity index (χ0n) is 17.1. The molecule has 1 amide bonds. The van der Waals surface area contributed by atoms with Crippen LogP contribution in [0.15, 0.2) is 42.5 Å². The van der Waals surface area contributed by atoms with E-state index in [9.17, 15) is 4.79 Å². The quantitative estimate of drug-likeness (QED) is 0.698. The molecule has 4 rings (SSSR count). The molecule has 0 aliphatic heterocycles. The minimum Gasteiger partial charge on any atom is -0.496 e. The van der Waals surface area contributed by atoms with E-state index in [4.69, 9.17) is 4.74 Å². The highest BCUT2D eigenvalue weighted by Crippen LogP contribution is 2.36. The summed E-state index contributed by atoms with van der Waals surface area (Å²) >= 11 is 0. The Kier molecular flexibility index (Phi) is 5.34. The smallest absolute Gasteiger partial charge is 0.274 e. The summed E-state index contributed by atoms with van der Waals surface area (Å²) < 4.78 is 7.23. The number of hydrogen-bond donors (Lipinski definition) is 1. The molecule has 0 radical (unpaired) electrons. The summed E-state index contributed by atoms with van der Waals surface area (Å²) in [5.41, 5.74) is 5.89. The SMILES string of the molecule is CCc1ccc(Cn2nnc(C(=O)N[C@H]3CCc4c(OC)cccc43)c2C)cc1. The number of hydrogen-bond acceptors (Lipinski definition) is 4. The fourth-order valence-electron chi connectivity index (χ4n) is 3.96. The predicted molar refractivity (Wildman–Crippen MR) is 111 cm³/mol. The molecule has 6 heteroatoms. The second-order valence-corrected chi connectivity index (χ2v) is 7.44. The molecule has 3 aromatic rings. The van der Waals surface area contributed by atoms with Gasteiger partial charge in [0.15, 0.2) is 5.69 Å². The van der Waals surface area contributed by atoms with Crippen molar-refractivity contribution in [2.75, 3.05) is 7.11 Å². The lowest BCUT2D eigenvalue weighted by molar-refractivity contribution is 0.0931. The number of fused-ring (bicyclic) bond motifs is 1. The van der Waals surface area contributed by atoms with Gasteiger partial charge in [0, 0.05) is 0 Å². The van der Waals surface area contributed by atoms with Crippen molar-refractivity contribution < 1.29 is 9.53 Å². The van der Waals surface area contributed by atoms with Gasteiger partial charge in [-0.05, 0) is 54.5 Å². The minimum atomic E-state index is -0.184. The van der Waals surface area contributed by atoms with E-state index in [1.165, 1.54) is 11.1 Å². The average Bonchev–Trinajstić information content (AvgIpc) is 3.32. The molecule has 6 nitrogen and oxygen atoms in total. The maximum atomic E-state index is 12.9. The second-order valence-electron chi connectivity index (χ2n) is 7.44. The zero-order valence-corrected chi connectivity index (χ0v) is 17.1. The van der Waals surface area contributed by atoms with Crippen molar-refractivity contribution in [1.29, 1.82) is 0 Å². The van der Waals surface area contributed by atoms with Crippen molar-refractivity contribution in [1.82, 2.24) is 20.3 Å². The number of aromatic nitrogens is 3. The average molecular weight is 390 g/mol. The van der Waals surface area contributed by atoms with Gasteiger partial charge in [0.25, 0.3) is 5.91 Å². The van der Waals surface area contributed by atoms with Gasteiger partial charge in [-0.25, -0.2) is 4.68 Å². The molecule has 1 aliphatic carbocycles. The lowest BCUT2D eigenvalue weighted by Gasteiger charge is -2.14. The van der Waals surface area contributed by atoms with Gasteiger partial charge in [0.2, 0.25) is 0 Å². The van der Waals surface area contributed by atoms with Gasteiger partial charge >= 0.3 is 0 Å². The van der Waals surface area contributed by atoms with Gasteiger partial charge in [-0.1, -0.05) is 48.5 Å². The van der Waals surface area contributed by atoms with Crippen molar-refractivity contribution in [3.05, 3.63) is 76.1 Å². The molecule has 0 unspecified atom stereocenters. The highest BCUT2D eigenvalue weighted by molar-refractivity contribution is 5.93. The summed E-state index contributed by atoms with van der Waals surface area (Å²) in [5, 5.41) is 11.5. The maximum absolute atomic E-state index is 12.9. The van der Waals surface area contributed by atoms with Crippen LogP contribution in [0.2, 0.25) is 0 Å². The largest absolute Gasteiger partial charge is 0.496 e. The molecule has 0 fully saturated rings. The van der Waals surface area contributed by atoms with Crippen LogP contribution in [0.25, 0.3) is 0 Å². The Hall–Kier alpha value is -3.15. The Labute approximate surface area is 170 Å². The van der Waals surface area contributed by atoms with Crippen molar-refractivity contribution in [3.8, 4) is 5.75 Å². The molecule has 29 heavy (non-hydrogen) atoms. The monoisotopic (exact) mass is 390 g/mol. The lowest BCUT2D eigenvalue weighted by atomic mass is 10.1. The topological polar surface area (TPSA) is 69.0 Å². The molecule has 1 N–H and O–H groups in total. The molecular weight excluding hydrogens is 364 g/mol. The number of carbonyl (C=O) groups is 1. The third-order valence-electron chi connectivity index (χ3n) is 5.71. The Morgan fingerprint density at radius 2 is 1.97 bits per heavy atom. The first kappa shape index (κ1) is 19.2. The van der Waals surface area contributed by atoms with Gasteiger partial charge in [0.05, 0.1) is 25.4 Å². The van der Waals surface area contributed by atoms with Gasteiger partial charge in [-0.15, -0.1) is 5.10 Å². The summed E-state index contributed by atoms with van der Waals surface area (Å²) in [6, 6.07) is 14.4. The molecule has 1 atom stereocenters. The van der Waals surface area contributed by atoms with E-state index in [0.717, 1.165) is 41.8 Å². The van der Waals surface area contributed by atoms with E-state index in [-0.39, 0.29) is 11.9 Å². The number of rotatable bonds is 6. The van der Waals surface area contributed by atoms with Crippen LogP contribution in [0.3, 0.4) is 0 Å². The van der Waals surface area contributed by atoms with E-state index in [0.29, 0.717) is 12.2 Å². The molecule has 1 aromatic heterocycles. The standard InChI is InChI=1S/C23H26N4O2/c1-4-16-8-10-17(11-9-16)14-27-15(2)22(25-26-27)23(28)24-20-13-12-19-18(20)6-5-7-21(19)29-3/h5-11,20H,4,12-14H2,1-3H3,(H,24,28)/t20-/m0/s1. The number of nitrogens with one attached hydrogen (secondary N) is 1. The van der Waals surface area contributed by atoms with Crippen LogP contribution in [0.4, 0.5) is 0 Å². The van der Waals surface area contributed by atoms with Crippen LogP contribution in [0.5, 0.6) is 5.75 Å². The van der Waals surface area contributed by atoms with E-state index >= 15 is 0 Å². The summed E-state index contributed by atoms with van der Waals surface area (Å²) in [6.07, 6.45) is 2.77. The van der Waals surface area contributed by atoms with Gasteiger partial charge in [-0.3, -0.25) is 4.79 Å². The van der Waals surface area contributed by atoms with Crippen molar-refractivity contribution in [2.24, 2.45) is 0 Å². The van der Waals surface area contributed by atoms with Crippen LogP contribution in [-0.4, -0.2) is 28.0 Å². The highest BCUT2D eigenvalue weighted by Gasteiger charge is 2.28. The first-order chi connectivity index (χ1) is 14.1. The van der Waals surface area contributed by atoms with Crippen LogP contribution < -0.4 is 10.1 Å². The Morgan fingerprint density at radius 1 is 1.21 bits per heavy atom. The molecular formula is C23H26N4O2. The number of carbonyl (C=O) groups excluding carboxylic acids is 1. The summed E-state index contributed by atoms with van der Waals surface area (Å²) in [7, 11) is 1.68. The number of nitrogens with zero attached hydrogens (tertiary/aromatic N) is 3. The number of amides is 1.